The van der Waals surface area contributed by atoms with Gasteiger partial charge in [0.15, 0.2) is 0 Å². The van der Waals surface area contributed by atoms with Crippen LogP contribution in [-0.2, 0) is 4.74 Å². The number of nitrogens with one attached hydrogen (secondary N) is 1. The lowest BCUT2D eigenvalue weighted by Crippen LogP contribution is -2.13. The van der Waals surface area contributed by atoms with Crippen molar-refractivity contribution in [3.05, 3.63) is 11.6 Å². The Morgan fingerprint density at radius 1 is 1.78 bits per heavy atom. The maximum absolute atomic E-state index is 4.77. The molecular weight excluding hydrogens is 134 g/mol. The van der Waals surface area contributed by atoms with Gasteiger partial charge in [0.1, 0.15) is 6.73 Å². The van der Waals surface area contributed by atoms with Gasteiger partial charge in [-0.1, -0.05) is 13.5 Å². The fourth-order valence-electron chi connectivity index (χ4n) is 0.378. The molecule has 0 saturated heterocycles. The maximum Gasteiger partial charge on any atom is 0.116 e. The smallest absolute Gasteiger partial charge is 0.116 e. The van der Waals surface area contributed by atoms with E-state index in [2.05, 4.69) is 18.8 Å². The highest BCUT2D eigenvalue weighted by atomic mass is 32.2. The van der Waals surface area contributed by atoms with Crippen LogP contribution < -0.4 is 5.32 Å². The van der Waals surface area contributed by atoms with Gasteiger partial charge in [-0.3, -0.25) is 0 Å². The molecule has 1 N–H and O–H groups in total. The predicted octanol–water partition coefficient (Wildman–Crippen LogP) is 1.40. The van der Waals surface area contributed by atoms with Crippen molar-refractivity contribution < 1.29 is 4.74 Å². The Labute approximate surface area is 60.7 Å². The third-order valence-electron chi connectivity index (χ3n) is 0.732. The summed E-state index contributed by atoms with van der Waals surface area (Å²) in [4.78, 5) is 0. The van der Waals surface area contributed by atoms with Crippen LogP contribution in [0.2, 0.25) is 0 Å². The van der Waals surface area contributed by atoms with E-state index in [1.165, 1.54) is 0 Å². The molecule has 0 atom stereocenters. The average molecular weight is 147 g/mol. The Bertz CT molecular complexity index is 85.1. The number of thioether (sulfide) groups is 1. The number of hydrogen-bond acceptors (Lipinski definition) is 3. The summed E-state index contributed by atoms with van der Waals surface area (Å²) in [6, 6.07) is 0. The summed E-state index contributed by atoms with van der Waals surface area (Å²) in [5, 5.41) is 3.95. The molecule has 0 radical (unpaired) electrons. The molecule has 54 valence electrons. The second kappa shape index (κ2) is 5.98. The SMILES string of the molecule is C=C(NCOC)SCC. The molecule has 0 rings (SSSR count). The van der Waals surface area contributed by atoms with Crippen LogP contribution in [0.5, 0.6) is 0 Å². The van der Waals surface area contributed by atoms with Crippen LogP contribution in [0.15, 0.2) is 11.6 Å². The molecule has 9 heavy (non-hydrogen) atoms. The summed E-state index contributed by atoms with van der Waals surface area (Å²) in [5.74, 6) is 1.05. The summed E-state index contributed by atoms with van der Waals surface area (Å²) in [7, 11) is 1.65. The lowest BCUT2D eigenvalue weighted by Gasteiger charge is -2.04. The molecule has 0 bridgehead atoms. The summed E-state index contributed by atoms with van der Waals surface area (Å²) in [6.45, 7) is 6.39. The summed E-state index contributed by atoms with van der Waals surface area (Å²) in [6.07, 6.45) is 0. The number of rotatable bonds is 5. The highest BCUT2D eigenvalue weighted by molar-refractivity contribution is 8.02. The molecule has 0 saturated carbocycles. The molecule has 0 unspecified atom stereocenters. The molecule has 0 aromatic rings. The minimum atomic E-state index is 0.547. The van der Waals surface area contributed by atoms with Crippen LogP contribution in [0.3, 0.4) is 0 Å². The highest BCUT2D eigenvalue weighted by Crippen LogP contribution is 2.07. The van der Waals surface area contributed by atoms with Gasteiger partial charge < -0.3 is 10.1 Å². The zero-order chi connectivity index (χ0) is 7.11. The van der Waals surface area contributed by atoms with Crippen LogP contribution in [0.1, 0.15) is 6.92 Å². The van der Waals surface area contributed by atoms with Gasteiger partial charge in [0.25, 0.3) is 0 Å². The van der Waals surface area contributed by atoms with E-state index in [1.807, 2.05) is 0 Å². The van der Waals surface area contributed by atoms with Crippen molar-refractivity contribution in [2.45, 2.75) is 6.92 Å². The largest absolute Gasteiger partial charge is 0.365 e. The second-order valence-electron chi connectivity index (χ2n) is 1.47. The van der Waals surface area contributed by atoms with E-state index >= 15 is 0 Å². The van der Waals surface area contributed by atoms with Crippen molar-refractivity contribution in [3.63, 3.8) is 0 Å². The molecule has 0 heterocycles. The van der Waals surface area contributed by atoms with Crippen LogP contribution in [0.25, 0.3) is 0 Å². The Morgan fingerprint density at radius 2 is 2.44 bits per heavy atom. The first-order chi connectivity index (χ1) is 4.31. The molecule has 0 aromatic carbocycles. The van der Waals surface area contributed by atoms with Gasteiger partial charge in [0, 0.05) is 7.11 Å². The minimum absolute atomic E-state index is 0.547. The Balaban J connectivity index is 3.06. The third-order valence-corrected chi connectivity index (χ3v) is 1.51. The van der Waals surface area contributed by atoms with E-state index in [0.29, 0.717) is 6.73 Å². The lowest BCUT2D eigenvalue weighted by atomic mass is 10.9. The standard InChI is InChI=1S/C6H13NOS/c1-4-9-6(2)7-5-8-3/h7H,2,4-5H2,1,3H3. The Morgan fingerprint density at radius 3 is 2.89 bits per heavy atom. The van der Waals surface area contributed by atoms with Gasteiger partial charge in [-0.2, -0.15) is 0 Å². The molecule has 0 aliphatic heterocycles. The van der Waals surface area contributed by atoms with E-state index < -0.39 is 0 Å². The first-order valence-corrected chi connectivity index (χ1v) is 3.84. The predicted molar refractivity (Wildman–Crippen MR) is 42.3 cm³/mol. The third kappa shape index (κ3) is 5.73. The number of methoxy groups -OCH3 is 1. The Kier molecular flexibility index (Phi) is 5.88. The summed E-state index contributed by atoms with van der Waals surface area (Å²) < 4.78 is 4.77. The Hall–Kier alpha value is -0.150. The van der Waals surface area contributed by atoms with Crippen molar-refractivity contribution in [2.24, 2.45) is 0 Å². The fraction of sp³-hybridized carbons (Fsp3) is 0.667. The van der Waals surface area contributed by atoms with E-state index in [0.717, 1.165) is 10.8 Å². The molecule has 2 nitrogen and oxygen atoms in total. The molecule has 0 aliphatic rings. The molecular formula is C6H13NOS. The first-order valence-electron chi connectivity index (χ1n) is 2.85. The van der Waals surface area contributed by atoms with Crippen LogP contribution in [0.4, 0.5) is 0 Å². The minimum Gasteiger partial charge on any atom is -0.365 e. The van der Waals surface area contributed by atoms with Crippen molar-refractivity contribution >= 4 is 11.8 Å². The molecule has 0 aliphatic carbocycles. The zero-order valence-corrected chi connectivity index (χ0v) is 6.75. The van der Waals surface area contributed by atoms with Crippen LogP contribution in [0, 0.1) is 0 Å². The number of ether oxygens (including phenoxy) is 1. The molecule has 0 aromatic heterocycles. The normalized spacial score (nSPS) is 9.11. The van der Waals surface area contributed by atoms with Crippen molar-refractivity contribution in [1.29, 1.82) is 0 Å². The zero-order valence-electron chi connectivity index (χ0n) is 5.94. The summed E-state index contributed by atoms with van der Waals surface area (Å²) >= 11 is 1.69. The fourth-order valence-corrected chi connectivity index (χ4v) is 0.887. The maximum atomic E-state index is 4.77. The van der Waals surface area contributed by atoms with Gasteiger partial charge in [-0.05, 0) is 5.75 Å². The monoisotopic (exact) mass is 147 g/mol. The van der Waals surface area contributed by atoms with Crippen molar-refractivity contribution in [3.8, 4) is 0 Å². The van der Waals surface area contributed by atoms with Gasteiger partial charge in [0.05, 0.1) is 5.03 Å². The van der Waals surface area contributed by atoms with Gasteiger partial charge in [-0.15, -0.1) is 11.8 Å². The molecule has 3 heteroatoms. The first kappa shape index (κ1) is 8.85. The van der Waals surface area contributed by atoms with Gasteiger partial charge in [0.2, 0.25) is 0 Å². The lowest BCUT2D eigenvalue weighted by molar-refractivity contribution is 0.187. The molecule has 0 spiro atoms. The van der Waals surface area contributed by atoms with E-state index in [1.54, 1.807) is 18.9 Å². The van der Waals surface area contributed by atoms with Gasteiger partial charge in [-0.25, -0.2) is 0 Å². The van der Waals surface area contributed by atoms with Crippen molar-refractivity contribution in [2.75, 3.05) is 19.6 Å². The highest BCUT2D eigenvalue weighted by Gasteiger charge is 1.87. The second-order valence-corrected chi connectivity index (χ2v) is 2.82. The van der Waals surface area contributed by atoms with Crippen LogP contribution in [-0.4, -0.2) is 19.6 Å². The number of hydrogen-bond donors (Lipinski definition) is 1. The summed E-state index contributed by atoms with van der Waals surface area (Å²) in [5.41, 5.74) is 0. The van der Waals surface area contributed by atoms with E-state index in [4.69, 9.17) is 4.74 Å². The molecule has 0 fully saturated rings. The van der Waals surface area contributed by atoms with E-state index in [9.17, 15) is 0 Å². The quantitative estimate of drug-likeness (QED) is 0.594. The topological polar surface area (TPSA) is 21.3 Å². The average Bonchev–Trinajstić information content (AvgIpc) is 1.85. The van der Waals surface area contributed by atoms with Crippen LogP contribution >= 0.6 is 11.8 Å². The molecule has 0 amide bonds. The van der Waals surface area contributed by atoms with Crippen molar-refractivity contribution in [1.82, 2.24) is 5.32 Å². The van der Waals surface area contributed by atoms with Gasteiger partial charge >= 0.3 is 0 Å². The van der Waals surface area contributed by atoms with E-state index in [-0.39, 0.29) is 0 Å².